The Morgan fingerprint density at radius 1 is 1.35 bits per heavy atom. The van der Waals surface area contributed by atoms with Crippen LogP contribution in [0.5, 0.6) is 0 Å². The van der Waals surface area contributed by atoms with Gasteiger partial charge in [-0.25, -0.2) is 4.79 Å². The molecule has 4 heteroatoms. The number of hydrogen-bond donors (Lipinski definition) is 0. The molecule has 1 aromatic rings. The van der Waals surface area contributed by atoms with E-state index in [1.165, 1.54) is 19.3 Å². The molecule has 1 aliphatic heterocycles. The van der Waals surface area contributed by atoms with Crippen molar-refractivity contribution in [3.05, 3.63) is 28.8 Å². The molecule has 1 saturated heterocycles. The molecule has 0 N–H and O–H groups in total. The number of nitrogens with zero attached hydrogens (tertiary/aromatic N) is 1. The van der Waals surface area contributed by atoms with Gasteiger partial charge in [-0.2, -0.15) is 0 Å². The van der Waals surface area contributed by atoms with Crippen LogP contribution in [0.1, 0.15) is 44.6 Å². The summed E-state index contributed by atoms with van der Waals surface area (Å²) >= 11 is 6.02. The summed E-state index contributed by atoms with van der Waals surface area (Å²) < 4.78 is 5.43. The number of unbranched alkanes of at least 4 members (excludes halogenated alkanes) is 3. The van der Waals surface area contributed by atoms with E-state index in [0.29, 0.717) is 6.54 Å². The first-order valence-electron chi connectivity index (χ1n) is 7.36. The molecule has 1 atom stereocenters. The maximum atomic E-state index is 11.9. The number of benzene rings is 1. The lowest BCUT2D eigenvalue weighted by Crippen LogP contribution is -2.24. The summed E-state index contributed by atoms with van der Waals surface area (Å²) in [4.78, 5) is 13.6. The first-order chi connectivity index (χ1) is 9.61. The molecule has 1 heterocycles. The van der Waals surface area contributed by atoms with Gasteiger partial charge >= 0.3 is 6.09 Å². The Morgan fingerprint density at radius 3 is 2.85 bits per heavy atom. The molecule has 0 unspecified atom stereocenters. The highest BCUT2D eigenvalue weighted by Crippen LogP contribution is 2.27. The van der Waals surface area contributed by atoms with Crippen LogP contribution in [-0.4, -0.2) is 18.7 Å². The number of anilines is 1. The lowest BCUT2D eigenvalue weighted by atomic mass is 10.1. The third-order valence-corrected chi connectivity index (χ3v) is 4.13. The Bertz CT molecular complexity index is 476. The topological polar surface area (TPSA) is 29.5 Å². The van der Waals surface area contributed by atoms with Crippen molar-refractivity contribution in [2.24, 2.45) is 0 Å². The number of amides is 1. The second kappa shape index (κ2) is 6.98. The largest absolute Gasteiger partial charge is 0.444 e. The normalized spacial score (nSPS) is 18.4. The van der Waals surface area contributed by atoms with E-state index in [1.807, 2.05) is 25.1 Å². The van der Waals surface area contributed by atoms with Gasteiger partial charge in [0.15, 0.2) is 0 Å². The molecule has 1 aliphatic rings. The van der Waals surface area contributed by atoms with Crippen molar-refractivity contribution < 1.29 is 9.53 Å². The van der Waals surface area contributed by atoms with Crippen LogP contribution < -0.4 is 4.90 Å². The van der Waals surface area contributed by atoms with Crippen molar-refractivity contribution in [1.29, 1.82) is 0 Å². The number of carbonyl (C=O) groups excluding carboxylic acids is 1. The van der Waals surface area contributed by atoms with Gasteiger partial charge in [-0.3, -0.25) is 4.90 Å². The monoisotopic (exact) mass is 295 g/mol. The molecule has 20 heavy (non-hydrogen) atoms. The van der Waals surface area contributed by atoms with E-state index in [-0.39, 0.29) is 12.2 Å². The molecule has 3 nitrogen and oxygen atoms in total. The van der Waals surface area contributed by atoms with Gasteiger partial charge in [0, 0.05) is 10.7 Å². The first kappa shape index (κ1) is 15.2. The number of aryl methyl sites for hydroxylation is 1. The predicted molar refractivity (Wildman–Crippen MR) is 82.6 cm³/mol. The van der Waals surface area contributed by atoms with Crippen LogP contribution in [0, 0.1) is 6.92 Å². The molecule has 0 saturated carbocycles. The summed E-state index contributed by atoms with van der Waals surface area (Å²) in [6, 6.07) is 5.63. The lowest BCUT2D eigenvalue weighted by Gasteiger charge is -2.14. The molecular formula is C16H22ClNO2. The van der Waals surface area contributed by atoms with Crippen LogP contribution in [0.4, 0.5) is 10.5 Å². The zero-order chi connectivity index (χ0) is 14.5. The van der Waals surface area contributed by atoms with E-state index in [2.05, 4.69) is 6.92 Å². The molecule has 0 radical (unpaired) electrons. The van der Waals surface area contributed by atoms with Crippen molar-refractivity contribution >= 4 is 23.4 Å². The summed E-state index contributed by atoms with van der Waals surface area (Å²) in [5.74, 6) is 0. The maximum absolute atomic E-state index is 11.9. The minimum Gasteiger partial charge on any atom is -0.444 e. The Hall–Kier alpha value is -1.22. The molecule has 0 spiro atoms. The van der Waals surface area contributed by atoms with E-state index in [9.17, 15) is 4.79 Å². The van der Waals surface area contributed by atoms with Crippen molar-refractivity contribution in [3.8, 4) is 0 Å². The van der Waals surface area contributed by atoms with Crippen LogP contribution >= 0.6 is 11.6 Å². The molecule has 1 aromatic carbocycles. The van der Waals surface area contributed by atoms with Gasteiger partial charge in [0.1, 0.15) is 6.10 Å². The molecule has 0 aliphatic carbocycles. The summed E-state index contributed by atoms with van der Waals surface area (Å²) in [6.45, 7) is 4.78. The minimum absolute atomic E-state index is 0.0235. The third-order valence-electron chi connectivity index (χ3n) is 3.71. The van der Waals surface area contributed by atoms with Gasteiger partial charge in [0.25, 0.3) is 0 Å². The first-order valence-corrected chi connectivity index (χ1v) is 7.74. The van der Waals surface area contributed by atoms with Crippen molar-refractivity contribution in [3.63, 3.8) is 0 Å². The Morgan fingerprint density at radius 2 is 2.15 bits per heavy atom. The van der Waals surface area contributed by atoms with Gasteiger partial charge in [-0.15, -0.1) is 0 Å². The smallest absolute Gasteiger partial charge is 0.414 e. The molecule has 110 valence electrons. The van der Waals surface area contributed by atoms with Crippen molar-refractivity contribution in [2.45, 2.75) is 52.1 Å². The molecule has 1 fully saturated rings. The highest BCUT2D eigenvalue weighted by molar-refractivity contribution is 6.31. The van der Waals surface area contributed by atoms with Gasteiger partial charge in [-0.1, -0.05) is 37.8 Å². The SMILES string of the molecule is CCCCCC[C@@H]1CN(c2ccc(Cl)c(C)c2)C(=O)O1. The van der Waals surface area contributed by atoms with E-state index < -0.39 is 0 Å². The van der Waals surface area contributed by atoms with Crippen LogP contribution in [0.3, 0.4) is 0 Å². The van der Waals surface area contributed by atoms with Crippen LogP contribution in [0.2, 0.25) is 5.02 Å². The summed E-state index contributed by atoms with van der Waals surface area (Å²) in [7, 11) is 0. The average Bonchev–Trinajstić information content (AvgIpc) is 2.79. The van der Waals surface area contributed by atoms with Crippen LogP contribution in [0.25, 0.3) is 0 Å². The highest BCUT2D eigenvalue weighted by atomic mass is 35.5. The van der Waals surface area contributed by atoms with Crippen LogP contribution in [-0.2, 0) is 4.74 Å². The fourth-order valence-electron chi connectivity index (χ4n) is 2.48. The van der Waals surface area contributed by atoms with Gasteiger partial charge in [0.05, 0.1) is 6.54 Å². The number of hydrogen-bond acceptors (Lipinski definition) is 2. The number of ether oxygens (including phenoxy) is 1. The zero-order valence-electron chi connectivity index (χ0n) is 12.2. The molecule has 2 rings (SSSR count). The number of halogens is 1. The molecular weight excluding hydrogens is 274 g/mol. The minimum atomic E-state index is -0.243. The van der Waals surface area contributed by atoms with E-state index >= 15 is 0 Å². The summed E-state index contributed by atoms with van der Waals surface area (Å²) in [5.41, 5.74) is 1.84. The molecule has 0 aromatic heterocycles. The molecule has 1 amide bonds. The second-order valence-electron chi connectivity index (χ2n) is 5.40. The Kier molecular flexibility index (Phi) is 5.30. The van der Waals surface area contributed by atoms with Gasteiger partial charge in [0.2, 0.25) is 0 Å². The fraction of sp³-hybridized carbons (Fsp3) is 0.562. The van der Waals surface area contributed by atoms with E-state index in [1.54, 1.807) is 4.90 Å². The van der Waals surface area contributed by atoms with E-state index in [4.69, 9.17) is 16.3 Å². The summed E-state index contributed by atoms with van der Waals surface area (Å²) in [6.07, 6.45) is 5.54. The Balaban J connectivity index is 1.93. The fourth-order valence-corrected chi connectivity index (χ4v) is 2.60. The van der Waals surface area contributed by atoms with Crippen molar-refractivity contribution in [2.75, 3.05) is 11.4 Å². The summed E-state index contributed by atoms with van der Waals surface area (Å²) in [5, 5.41) is 0.720. The predicted octanol–water partition coefficient (Wildman–Crippen LogP) is 4.94. The maximum Gasteiger partial charge on any atom is 0.414 e. The highest BCUT2D eigenvalue weighted by Gasteiger charge is 2.31. The third kappa shape index (κ3) is 3.66. The number of cyclic esters (lactones) is 1. The number of carbonyl (C=O) groups is 1. The van der Waals surface area contributed by atoms with Gasteiger partial charge in [-0.05, 0) is 43.5 Å². The zero-order valence-corrected chi connectivity index (χ0v) is 12.9. The quantitative estimate of drug-likeness (QED) is 0.695. The Labute approximate surface area is 125 Å². The number of rotatable bonds is 6. The molecule has 0 bridgehead atoms. The van der Waals surface area contributed by atoms with E-state index in [0.717, 1.165) is 29.1 Å². The lowest BCUT2D eigenvalue weighted by molar-refractivity contribution is 0.135. The standard InChI is InChI=1S/C16H22ClNO2/c1-3-4-5-6-7-14-11-18(16(19)20-14)13-8-9-15(17)12(2)10-13/h8-10,14H,3-7,11H2,1-2H3/t14-/m1/s1. The second-order valence-corrected chi connectivity index (χ2v) is 5.81. The average molecular weight is 296 g/mol. The van der Waals surface area contributed by atoms with Crippen LogP contribution in [0.15, 0.2) is 18.2 Å². The van der Waals surface area contributed by atoms with Gasteiger partial charge < -0.3 is 4.74 Å². The van der Waals surface area contributed by atoms with Crippen molar-refractivity contribution in [1.82, 2.24) is 0 Å².